The third-order valence-electron chi connectivity index (χ3n) is 5.83. The highest BCUT2D eigenvalue weighted by Crippen LogP contribution is 2.43. The van der Waals surface area contributed by atoms with Gasteiger partial charge in [0, 0.05) is 51.0 Å². The molecule has 1 saturated heterocycles. The molecule has 2 heterocycles. The number of imidazole rings is 1. The van der Waals surface area contributed by atoms with Crippen molar-refractivity contribution < 1.29 is 14.3 Å². The van der Waals surface area contributed by atoms with Crippen molar-refractivity contribution in [2.45, 2.75) is 44.9 Å². The summed E-state index contributed by atoms with van der Waals surface area (Å²) in [4.78, 5) is 17.3. The molecule has 1 N–H and O–H groups in total. The van der Waals surface area contributed by atoms with E-state index >= 15 is 0 Å². The molecule has 2 aromatic rings. The lowest BCUT2D eigenvalue weighted by Crippen LogP contribution is -2.62. The van der Waals surface area contributed by atoms with Crippen LogP contribution in [0.2, 0.25) is 0 Å². The number of nitrogens with one attached hydrogen (secondary N) is 1. The molecular weight excluding hydrogens is 330 g/mol. The second-order valence-electron chi connectivity index (χ2n) is 7.27. The Hall–Kier alpha value is -1.92. The van der Waals surface area contributed by atoms with Crippen molar-refractivity contribution in [1.29, 1.82) is 0 Å². The van der Waals surface area contributed by atoms with Crippen LogP contribution in [-0.4, -0.2) is 47.9 Å². The Bertz CT molecular complexity index is 788. The number of nitrogens with zero attached hydrogens (tertiary/aromatic N) is 2. The van der Waals surface area contributed by atoms with E-state index in [9.17, 15) is 4.79 Å². The highest BCUT2D eigenvalue weighted by molar-refractivity contribution is 5.78. The quantitative estimate of drug-likeness (QED) is 0.825. The summed E-state index contributed by atoms with van der Waals surface area (Å²) < 4.78 is 13.3. The molecule has 1 aliphatic heterocycles. The Morgan fingerprint density at radius 1 is 1.42 bits per heavy atom. The van der Waals surface area contributed by atoms with Crippen molar-refractivity contribution in [2.24, 2.45) is 11.8 Å². The number of ether oxygens (including phenoxy) is 2. The van der Waals surface area contributed by atoms with Gasteiger partial charge in [-0.05, 0) is 18.6 Å². The van der Waals surface area contributed by atoms with E-state index in [4.69, 9.17) is 9.47 Å². The topological polar surface area (TPSA) is 65.4 Å². The zero-order valence-electron chi connectivity index (χ0n) is 15.5. The van der Waals surface area contributed by atoms with Gasteiger partial charge >= 0.3 is 0 Å². The molecule has 1 aliphatic carbocycles. The highest BCUT2D eigenvalue weighted by Gasteiger charge is 2.54. The van der Waals surface area contributed by atoms with Crippen molar-refractivity contribution in [3.63, 3.8) is 0 Å². The molecule has 0 unspecified atom stereocenters. The molecule has 4 rings (SSSR count). The van der Waals surface area contributed by atoms with Gasteiger partial charge < -0.3 is 19.4 Å². The number of hydrogen-bond acceptors (Lipinski definition) is 4. The van der Waals surface area contributed by atoms with E-state index in [1.165, 1.54) is 0 Å². The molecular formula is C20H27N3O3. The Morgan fingerprint density at radius 2 is 2.27 bits per heavy atom. The lowest BCUT2D eigenvalue weighted by Gasteiger charge is -2.47. The Labute approximate surface area is 153 Å². The third kappa shape index (κ3) is 3.01. The Morgan fingerprint density at radius 3 is 3.08 bits per heavy atom. The summed E-state index contributed by atoms with van der Waals surface area (Å²) >= 11 is 0. The number of carbonyl (C=O) groups is 1. The third-order valence-corrected chi connectivity index (χ3v) is 5.83. The number of fused-ring (bicyclic) bond motifs is 2. The summed E-state index contributed by atoms with van der Waals surface area (Å²) in [5.74, 6) is 1.85. The molecule has 1 amide bonds. The van der Waals surface area contributed by atoms with E-state index in [-0.39, 0.29) is 24.0 Å². The van der Waals surface area contributed by atoms with Gasteiger partial charge in [0.2, 0.25) is 5.91 Å². The number of aryl methyl sites for hydroxylation is 2. The lowest BCUT2D eigenvalue weighted by molar-refractivity contribution is -0.130. The molecule has 1 saturated carbocycles. The SMILES string of the molecule is CCc1nc2ccccc2n1CCC(=O)N[C@@H]1[C@H]2CCO[C@H]2[C@@H]1COC. The predicted molar refractivity (Wildman–Crippen MR) is 98.9 cm³/mol. The van der Waals surface area contributed by atoms with E-state index in [1.807, 2.05) is 18.2 Å². The van der Waals surface area contributed by atoms with E-state index in [0.29, 0.717) is 25.5 Å². The summed E-state index contributed by atoms with van der Waals surface area (Å²) in [5.41, 5.74) is 2.09. The van der Waals surface area contributed by atoms with Gasteiger partial charge in [-0.25, -0.2) is 4.98 Å². The molecule has 1 aromatic carbocycles. The summed E-state index contributed by atoms with van der Waals surface area (Å²) in [7, 11) is 1.71. The maximum atomic E-state index is 12.6. The van der Waals surface area contributed by atoms with Gasteiger partial charge in [-0.1, -0.05) is 19.1 Å². The average molecular weight is 357 g/mol. The Kier molecular flexibility index (Phi) is 4.96. The number of benzene rings is 1. The van der Waals surface area contributed by atoms with E-state index in [1.54, 1.807) is 7.11 Å². The molecule has 0 spiro atoms. The van der Waals surface area contributed by atoms with Gasteiger partial charge in [0.25, 0.3) is 0 Å². The standard InChI is InChI=1S/C20H27N3O3/c1-3-17-21-15-6-4-5-7-16(15)23(17)10-8-18(24)22-19-13-9-11-26-20(13)14(19)12-25-2/h4-7,13-14,19-20H,3,8-12H2,1-2H3,(H,22,24)/t13-,14-,19-,20-/m1/s1. The van der Waals surface area contributed by atoms with Gasteiger partial charge in [-0.2, -0.15) is 0 Å². The average Bonchev–Trinajstić information content (AvgIpc) is 3.24. The van der Waals surface area contributed by atoms with Crippen molar-refractivity contribution in [2.75, 3.05) is 20.3 Å². The summed E-state index contributed by atoms with van der Waals surface area (Å²) in [6.45, 7) is 4.19. The zero-order valence-corrected chi connectivity index (χ0v) is 15.5. The van der Waals surface area contributed by atoms with E-state index < -0.39 is 0 Å². The van der Waals surface area contributed by atoms with Crippen LogP contribution in [0, 0.1) is 11.8 Å². The van der Waals surface area contributed by atoms with Crippen LogP contribution in [-0.2, 0) is 27.2 Å². The minimum absolute atomic E-state index is 0.0984. The van der Waals surface area contributed by atoms with Crippen LogP contribution in [0.25, 0.3) is 11.0 Å². The minimum Gasteiger partial charge on any atom is -0.384 e. The van der Waals surface area contributed by atoms with Crippen LogP contribution in [0.1, 0.15) is 25.6 Å². The number of amides is 1. The second-order valence-corrected chi connectivity index (χ2v) is 7.27. The monoisotopic (exact) mass is 357 g/mol. The smallest absolute Gasteiger partial charge is 0.222 e. The maximum absolute atomic E-state index is 12.6. The molecule has 140 valence electrons. The molecule has 6 heteroatoms. The fraction of sp³-hybridized carbons (Fsp3) is 0.600. The molecule has 0 radical (unpaired) electrons. The van der Waals surface area contributed by atoms with Crippen molar-refractivity contribution in [3.05, 3.63) is 30.1 Å². The largest absolute Gasteiger partial charge is 0.384 e. The molecule has 2 aliphatic rings. The molecule has 2 fully saturated rings. The van der Waals surface area contributed by atoms with Crippen LogP contribution in [0.15, 0.2) is 24.3 Å². The van der Waals surface area contributed by atoms with Crippen LogP contribution in [0.4, 0.5) is 0 Å². The number of hydrogen-bond donors (Lipinski definition) is 1. The predicted octanol–water partition coefficient (Wildman–Crippen LogP) is 2.15. The molecule has 26 heavy (non-hydrogen) atoms. The molecule has 4 atom stereocenters. The van der Waals surface area contributed by atoms with Gasteiger partial charge in [0.15, 0.2) is 0 Å². The number of para-hydroxylation sites is 2. The molecule has 0 bridgehead atoms. The van der Waals surface area contributed by atoms with Gasteiger partial charge in [0.05, 0.1) is 23.7 Å². The van der Waals surface area contributed by atoms with Crippen LogP contribution in [0.3, 0.4) is 0 Å². The minimum atomic E-state index is 0.0984. The van der Waals surface area contributed by atoms with Gasteiger partial charge in [-0.3, -0.25) is 4.79 Å². The first kappa shape index (κ1) is 17.5. The fourth-order valence-corrected chi connectivity index (χ4v) is 4.55. The summed E-state index contributed by atoms with van der Waals surface area (Å²) in [5, 5.41) is 3.24. The lowest BCUT2D eigenvalue weighted by atomic mass is 9.67. The maximum Gasteiger partial charge on any atom is 0.222 e. The summed E-state index contributed by atoms with van der Waals surface area (Å²) in [6, 6.07) is 8.29. The second kappa shape index (κ2) is 7.37. The van der Waals surface area contributed by atoms with Crippen LogP contribution >= 0.6 is 0 Å². The number of rotatable bonds is 7. The van der Waals surface area contributed by atoms with Crippen LogP contribution < -0.4 is 5.32 Å². The van der Waals surface area contributed by atoms with E-state index in [0.717, 1.165) is 36.3 Å². The normalized spacial score (nSPS) is 27.3. The Balaban J connectivity index is 1.40. The molecule has 6 nitrogen and oxygen atoms in total. The van der Waals surface area contributed by atoms with Crippen LogP contribution in [0.5, 0.6) is 0 Å². The van der Waals surface area contributed by atoms with Gasteiger partial charge in [-0.15, -0.1) is 0 Å². The first-order valence-corrected chi connectivity index (χ1v) is 9.57. The van der Waals surface area contributed by atoms with E-state index in [2.05, 4.69) is 27.9 Å². The number of carbonyl (C=O) groups excluding carboxylic acids is 1. The first-order chi connectivity index (χ1) is 12.7. The number of methoxy groups -OCH3 is 1. The first-order valence-electron chi connectivity index (χ1n) is 9.57. The summed E-state index contributed by atoms with van der Waals surface area (Å²) in [6.07, 6.45) is 2.60. The number of aromatic nitrogens is 2. The van der Waals surface area contributed by atoms with Crippen molar-refractivity contribution in [1.82, 2.24) is 14.9 Å². The van der Waals surface area contributed by atoms with Gasteiger partial charge in [0.1, 0.15) is 5.82 Å². The highest BCUT2D eigenvalue weighted by atomic mass is 16.5. The fourth-order valence-electron chi connectivity index (χ4n) is 4.55. The van der Waals surface area contributed by atoms with Crippen molar-refractivity contribution in [3.8, 4) is 0 Å². The van der Waals surface area contributed by atoms with Crippen molar-refractivity contribution >= 4 is 16.9 Å². The zero-order chi connectivity index (χ0) is 18.1. The molecule has 1 aromatic heterocycles.